The van der Waals surface area contributed by atoms with Gasteiger partial charge in [0, 0.05) is 4.47 Å². The van der Waals surface area contributed by atoms with Crippen LogP contribution in [0.15, 0.2) is 56.7 Å². The number of nitrogens with one attached hydrogen (secondary N) is 1. The molecule has 2 rings (SSSR count). The Morgan fingerprint density at radius 2 is 1.74 bits per heavy atom. The van der Waals surface area contributed by atoms with Crippen molar-refractivity contribution in [3.63, 3.8) is 0 Å². The Hall–Kier alpha value is -1.62. The summed E-state index contributed by atoms with van der Waals surface area (Å²) in [4.78, 5) is 11.5. The van der Waals surface area contributed by atoms with Crippen molar-refractivity contribution in [3.8, 4) is 0 Å². The first-order valence-electron chi connectivity index (χ1n) is 7.17. The summed E-state index contributed by atoms with van der Waals surface area (Å²) in [7, 11) is -3.94. The van der Waals surface area contributed by atoms with E-state index in [9.17, 15) is 31.5 Å². The molecule has 2 N–H and O–H groups in total. The highest BCUT2D eigenvalue weighted by Crippen LogP contribution is 2.33. The lowest BCUT2D eigenvalue weighted by atomic mass is 10.1. The van der Waals surface area contributed by atoms with Gasteiger partial charge < -0.3 is 10.4 Å². The van der Waals surface area contributed by atoms with Crippen molar-refractivity contribution in [2.24, 2.45) is 0 Å². The summed E-state index contributed by atoms with van der Waals surface area (Å²) < 4.78 is 63.9. The van der Waals surface area contributed by atoms with E-state index in [1.54, 1.807) is 6.07 Å². The molecule has 0 saturated carbocycles. The van der Waals surface area contributed by atoms with Crippen LogP contribution in [0.5, 0.6) is 0 Å². The molecule has 0 unspecified atom stereocenters. The number of hydrogen-bond acceptors (Lipinski definition) is 4. The third-order valence-corrected chi connectivity index (χ3v) is 6.15. The summed E-state index contributed by atoms with van der Waals surface area (Å²) in [5.41, 5.74) is -3.92. The standard InChI is InChI=1S/C16H12BrClF3NO4S/c1-15(24,16(19,20)21)14(23)22-13-6-5-11(8-12(13)18)27(25,26)10-4-2-3-9(17)7-10/h2-8,24H,1H3,(H,22,23)/t15-/m1/s1. The van der Waals surface area contributed by atoms with Gasteiger partial charge in [-0.1, -0.05) is 33.6 Å². The third-order valence-electron chi connectivity index (χ3n) is 3.60. The largest absolute Gasteiger partial charge is 0.426 e. The predicted octanol–water partition coefficient (Wildman–Crippen LogP) is 4.19. The number of carbonyl (C=O) groups excluding carboxylic acids is 1. The maximum atomic E-state index is 12.7. The molecule has 1 amide bonds. The fourth-order valence-electron chi connectivity index (χ4n) is 1.91. The van der Waals surface area contributed by atoms with E-state index in [4.69, 9.17) is 11.6 Å². The maximum Gasteiger partial charge on any atom is 0.426 e. The van der Waals surface area contributed by atoms with E-state index in [0.717, 1.165) is 18.2 Å². The molecule has 0 aliphatic heterocycles. The van der Waals surface area contributed by atoms with E-state index < -0.39 is 27.5 Å². The van der Waals surface area contributed by atoms with Crippen LogP contribution >= 0.6 is 27.5 Å². The van der Waals surface area contributed by atoms with Crippen LogP contribution < -0.4 is 5.32 Å². The second kappa shape index (κ2) is 7.42. The van der Waals surface area contributed by atoms with Gasteiger partial charge in [-0.25, -0.2) is 8.42 Å². The zero-order valence-electron chi connectivity index (χ0n) is 13.5. The molecule has 0 aliphatic carbocycles. The minimum atomic E-state index is -5.20. The molecule has 0 bridgehead atoms. The quantitative estimate of drug-likeness (QED) is 0.679. The van der Waals surface area contributed by atoms with Gasteiger partial charge in [-0.05, 0) is 43.3 Å². The molecule has 0 radical (unpaired) electrons. The zero-order valence-corrected chi connectivity index (χ0v) is 16.7. The lowest BCUT2D eigenvalue weighted by Crippen LogP contribution is -2.52. The summed E-state index contributed by atoms with van der Waals surface area (Å²) >= 11 is 9.07. The SMILES string of the molecule is C[C@@](O)(C(=O)Nc1ccc(S(=O)(=O)c2cccc(Br)c2)cc1Cl)C(F)(F)F. The van der Waals surface area contributed by atoms with E-state index in [1.165, 1.54) is 18.2 Å². The summed E-state index contributed by atoms with van der Waals surface area (Å²) in [6, 6.07) is 9.01. The lowest BCUT2D eigenvalue weighted by Gasteiger charge is -2.25. The molecule has 11 heteroatoms. The number of rotatable bonds is 4. The lowest BCUT2D eigenvalue weighted by molar-refractivity contribution is -0.242. The molecule has 0 spiro atoms. The fourth-order valence-corrected chi connectivity index (χ4v) is 4.08. The Labute approximate surface area is 166 Å². The molecule has 0 fully saturated rings. The number of amides is 1. The molecule has 0 saturated heterocycles. The van der Waals surface area contributed by atoms with Crippen molar-refractivity contribution < 1.29 is 31.5 Å². The summed E-state index contributed by atoms with van der Waals surface area (Å²) in [5, 5.41) is 10.9. The molecule has 146 valence electrons. The molecule has 0 aromatic heterocycles. The Kier molecular flexibility index (Phi) is 5.96. The smallest absolute Gasteiger partial charge is 0.373 e. The second-order valence-corrected chi connectivity index (χ2v) is 8.90. The number of alkyl halides is 3. The first kappa shape index (κ1) is 21.7. The van der Waals surface area contributed by atoms with Gasteiger partial charge in [0.1, 0.15) is 0 Å². The fraction of sp³-hybridized carbons (Fsp3) is 0.188. The molecular formula is C16H12BrClF3NO4S. The number of carbonyl (C=O) groups is 1. The molecular weight excluding hydrogens is 475 g/mol. The molecule has 27 heavy (non-hydrogen) atoms. The topological polar surface area (TPSA) is 83.5 Å². The van der Waals surface area contributed by atoms with Crippen LogP contribution in [0, 0.1) is 0 Å². The van der Waals surface area contributed by atoms with E-state index in [0.29, 0.717) is 11.4 Å². The molecule has 5 nitrogen and oxygen atoms in total. The van der Waals surface area contributed by atoms with Crippen LogP contribution in [0.1, 0.15) is 6.92 Å². The number of sulfone groups is 1. The van der Waals surface area contributed by atoms with Gasteiger partial charge in [-0.2, -0.15) is 13.2 Å². The second-order valence-electron chi connectivity index (χ2n) is 5.63. The monoisotopic (exact) mass is 485 g/mol. The number of aliphatic hydroxyl groups is 1. The highest BCUT2D eigenvalue weighted by molar-refractivity contribution is 9.10. The van der Waals surface area contributed by atoms with Crippen molar-refractivity contribution in [1.82, 2.24) is 0 Å². The van der Waals surface area contributed by atoms with Crippen molar-refractivity contribution in [3.05, 3.63) is 52.0 Å². The Balaban J connectivity index is 2.35. The van der Waals surface area contributed by atoms with Gasteiger partial charge in [-0.15, -0.1) is 0 Å². The highest BCUT2D eigenvalue weighted by Gasteiger charge is 2.55. The van der Waals surface area contributed by atoms with Gasteiger partial charge in [0.15, 0.2) is 0 Å². The van der Waals surface area contributed by atoms with Crippen LogP contribution in [0.2, 0.25) is 5.02 Å². The highest BCUT2D eigenvalue weighted by atomic mass is 79.9. The number of benzene rings is 2. The Morgan fingerprint density at radius 1 is 1.15 bits per heavy atom. The first-order chi connectivity index (χ1) is 12.3. The normalized spacial score (nSPS) is 14.5. The number of halogens is 5. The minimum absolute atomic E-state index is 0.0234. The van der Waals surface area contributed by atoms with E-state index in [-0.39, 0.29) is 20.5 Å². The van der Waals surface area contributed by atoms with Crippen LogP contribution in [0.4, 0.5) is 18.9 Å². The van der Waals surface area contributed by atoms with Crippen LogP contribution in [-0.4, -0.2) is 31.2 Å². The van der Waals surface area contributed by atoms with Crippen molar-refractivity contribution >= 4 is 49.0 Å². The third kappa shape index (κ3) is 4.45. The van der Waals surface area contributed by atoms with Gasteiger partial charge in [0.05, 0.1) is 20.5 Å². The van der Waals surface area contributed by atoms with Crippen LogP contribution in [-0.2, 0) is 14.6 Å². The first-order valence-corrected chi connectivity index (χ1v) is 9.83. The average Bonchev–Trinajstić information content (AvgIpc) is 2.55. The molecule has 1 atom stereocenters. The van der Waals surface area contributed by atoms with Crippen molar-refractivity contribution in [2.45, 2.75) is 28.5 Å². The summed E-state index contributed by atoms with van der Waals surface area (Å²) in [5.74, 6) is -1.75. The van der Waals surface area contributed by atoms with Gasteiger partial charge in [0.25, 0.3) is 5.91 Å². The summed E-state index contributed by atoms with van der Waals surface area (Å²) in [6.45, 7) is 0.294. The van der Waals surface area contributed by atoms with E-state index in [2.05, 4.69) is 15.9 Å². The van der Waals surface area contributed by atoms with E-state index >= 15 is 0 Å². The van der Waals surface area contributed by atoms with E-state index in [1.807, 2.05) is 5.32 Å². The Morgan fingerprint density at radius 3 is 2.26 bits per heavy atom. The van der Waals surface area contributed by atoms with Gasteiger partial charge >= 0.3 is 6.18 Å². The molecule has 0 heterocycles. The predicted molar refractivity (Wildman–Crippen MR) is 96.4 cm³/mol. The molecule has 0 aliphatic rings. The molecule has 2 aromatic rings. The van der Waals surface area contributed by atoms with Gasteiger partial charge in [-0.3, -0.25) is 4.79 Å². The number of anilines is 1. The zero-order chi connectivity index (χ0) is 20.6. The summed E-state index contributed by atoms with van der Waals surface area (Å²) in [6.07, 6.45) is -5.20. The maximum absolute atomic E-state index is 12.7. The minimum Gasteiger partial charge on any atom is -0.373 e. The average molecular weight is 487 g/mol. The van der Waals surface area contributed by atoms with Crippen molar-refractivity contribution in [2.75, 3.05) is 5.32 Å². The molecule has 2 aromatic carbocycles. The number of hydrogen-bond donors (Lipinski definition) is 2. The Bertz CT molecular complexity index is 993. The van der Waals surface area contributed by atoms with Crippen LogP contribution in [0.3, 0.4) is 0 Å². The van der Waals surface area contributed by atoms with Crippen LogP contribution in [0.25, 0.3) is 0 Å². The van der Waals surface area contributed by atoms with Crippen molar-refractivity contribution in [1.29, 1.82) is 0 Å². The van der Waals surface area contributed by atoms with Gasteiger partial charge in [0.2, 0.25) is 15.4 Å².